The molecule has 0 fully saturated rings. The lowest BCUT2D eigenvalue weighted by molar-refractivity contribution is -0.384. The Morgan fingerprint density at radius 3 is 2.74 bits per heavy atom. The zero-order valence-electron chi connectivity index (χ0n) is 9.96. The van der Waals surface area contributed by atoms with Crippen LogP contribution in [0, 0.1) is 22.5 Å². The number of Topliss-reactive ketones (excluding diaryl/α,β-unsaturated/α-hetero) is 1. The highest BCUT2D eigenvalue weighted by Gasteiger charge is 2.36. The fourth-order valence-corrected chi connectivity index (χ4v) is 1.96. The lowest BCUT2D eigenvalue weighted by atomic mass is 10.1. The van der Waals surface area contributed by atoms with Gasteiger partial charge in [-0.15, -0.1) is 12.3 Å². The summed E-state index contributed by atoms with van der Waals surface area (Å²) in [6, 6.07) is 3.84. The predicted molar refractivity (Wildman–Crippen MR) is 67.8 cm³/mol. The number of non-ortho nitro benzene ring substituents is 1. The zero-order valence-corrected chi connectivity index (χ0v) is 9.96. The van der Waals surface area contributed by atoms with E-state index in [-0.39, 0.29) is 11.3 Å². The fourth-order valence-electron chi connectivity index (χ4n) is 1.96. The molecule has 6 nitrogen and oxygen atoms in total. The molecule has 1 amide bonds. The second kappa shape index (κ2) is 4.90. The quantitative estimate of drug-likeness (QED) is 0.270. The van der Waals surface area contributed by atoms with Gasteiger partial charge in [-0.2, -0.15) is 0 Å². The first kappa shape index (κ1) is 12.8. The largest absolute Gasteiger partial charge is 0.305 e. The van der Waals surface area contributed by atoms with Gasteiger partial charge in [0.15, 0.2) is 0 Å². The fraction of sp³-hybridized carbons (Fsp3) is 0.231. The highest BCUT2D eigenvalue weighted by atomic mass is 16.6. The smallest absolute Gasteiger partial charge is 0.299 e. The molecule has 0 bridgehead atoms. The van der Waals surface area contributed by atoms with Crippen molar-refractivity contribution in [3.63, 3.8) is 0 Å². The van der Waals surface area contributed by atoms with Gasteiger partial charge in [-0.1, -0.05) is 0 Å². The Kier molecular flexibility index (Phi) is 3.29. The van der Waals surface area contributed by atoms with Crippen LogP contribution in [-0.4, -0.2) is 23.2 Å². The SMILES string of the molecule is C#CCCCN1C(=O)C(=O)c2cc([N+](=O)[O-])ccc21. The van der Waals surface area contributed by atoms with Gasteiger partial charge < -0.3 is 4.90 Å². The van der Waals surface area contributed by atoms with E-state index in [1.807, 2.05) is 0 Å². The minimum atomic E-state index is -0.709. The van der Waals surface area contributed by atoms with E-state index in [9.17, 15) is 19.7 Å². The number of benzene rings is 1. The number of carbonyl (C=O) groups is 2. The first-order chi connectivity index (χ1) is 9.06. The second-order valence-corrected chi connectivity index (χ2v) is 4.05. The lowest BCUT2D eigenvalue weighted by Crippen LogP contribution is -2.30. The summed E-state index contributed by atoms with van der Waals surface area (Å²) >= 11 is 0. The van der Waals surface area contributed by atoms with Crippen LogP contribution in [0.3, 0.4) is 0 Å². The average molecular weight is 258 g/mol. The summed E-state index contributed by atoms with van der Waals surface area (Å²) in [4.78, 5) is 34.9. The van der Waals surface area contributed by atoms with Crippen LogP contribution in [0.5, 0.6) is 0 Å². The molecule has 6 heteroatoms. The number of hydrogen-bond donors (Lipinski definition) is 0. The van der Waals surface area contributed by atoms with Crippen molar-refractivity contribution < 1.29 is 14.5 Å². The van der Waals surface area contributed by atoms with Crippen molar-refractivity contribution in [1.29, 1.82) is 0 Å². The third-order valence-electron chi connectivity index (χ3n) is 2.87. The molecule has 0 atom stereocenters. The summed E-state index contributed by atoms with van der Waals surface area (Å²) < 4.78 is 0. The average Bonchev–Trinajstić information content (AvgIpc) is 2.63. The van der Waals surface area contributed by atoms with Crippen LogP contribution >= 0.6 is 0 Å². The number of unbranched alkanes of at least 4 members (excludes halogenated alkanes) is 1. The Bertz CT molecular complexity index is 616. The highest BCUT2D eigenvalue weighted by molar-refractivity contribution is 6.52. The van der Waals surface area contributed by atoms with Crippen LogP contribution < -0.4 is 4.90 Å². The molecule has 1 aromatic carbocycles. The zero-order chi connectivity index (χ0) is 14.0. The van der Waals surface area contributed by atoms with Crippen LogP contribution in [0.2, 0.25) is 0 Å². The molecular formula is C13H10N2O4. The molecule has 1 aromatic rings. The summed E-state index contributed by atoms with van der Waals surface area (Å²) in [6.45, 7) is 0.333. The summed E-state index contributed by atoms with van der Waals surface area (Å²) in [7, 11) is 0. The second-order valence-electron chi connectivity index (χ2n) is 4.05. The van der Waals surface area contributed by atoms with Gasteiger partial charge in [0.25, 0.3) is 17.4 Å². The number of terminal acetylenes is 1. The number of carbonyl (C=O) groups excluding carboxylic acids is 2. The van der Waals surface area contributed by atoms with E-state index < -0.39 is 16.6 Å². The Labute approximate surface area is 109 Å². The van der Waals surface area contributed by atoms with E-state index in [0.717, 1.165) is 6.07 Å². The molecule has 0 unspecified atom stereocenters. The van der Waals surface area contributed by atoms with Gasteiger partial charge in [0, 0.05) is 25.1 Å². The van der Waals surface area contributed by atoms with E-state index in [1.165, 1.54) is 17.0 Å². The van der Waals surface area contributed by atoms with Crippen molar-refractivity contribution in [1.82, 2.24) is 0 Å². The first-order valence-corrected chi connectivity index (χ1v) is 5.64. The molecule has 0 radical (unpaired) electrons. The number of hydrogen-bond acceptors (Lipinski definition) is 4. The standard InChI is InChI=1S/C13H10N2O4/c1-2-3-4-7-14-11-6-5-9(15(18)19)8-10(11)12(16)13(14)17/h1,5-6,8H,3-4,7H2. The molecule has 0 N–H and O–H groups in total. The van der Waals surface area contributed by atoms with E-state index in [1.54, 1.807) is 0 Å². The monoisotopic (exact) mass is 258 g/mol. The Morgan fingerprint density at radius 2 is 2.11 bits per heavy atom. The number of fused-ring (bicyclic) bond motifs is 1. The lowest BCUT2D eigenvalue weighted by Gasteiger charge is -2.15. The third kappa shape index (κ3) is 2.18. The normalized spacial score (nSPS) is 13.3. The van der Waals surface area contributed by atoms with Crippen LogP contribution in [0.25, 0.3) is 0 Å². The molecule has 0 spiro atoms. The van der Waals surface area contributed by atoms with Crippen molar-refractivity contribution in [2.24, 2.45) is 0 Å². The van der Waals surface area contributed by atoms with Crippen molar-refractivity contribution in [2.75, 3.05) is 11.4 Å². The topological polar surface area (TPSA) is 80.5 Å². The molecule has 19 heavy (non-hydrogen) atoms. The van der Waals surface area contributed by atoms with Gasteiger partial charge in [-0.3, -0.25) is 19.7 Å². The molecule has 0 saturated heterocycles. The van der Waals surface area contributed by atoms with Gasteiger partial charge in [0.2, 0.25) is 0 Å². The van der Waals surface area contributed by atoms with E-state index in [2.05, 4.69) is 5.92 Å². The summed E-state index contributed by atoms with van der Waals surface area (Å²) in [5, 5.41) is 10.7. The number of anilines is 1. The first-order valence-electron chi connectivity index (χ1n) is 5.64. The van der Waals surface area contributed by atoms with Crippen LogP contribution in [0.15, 0.2) is 18.2 Å². The van der Waals surface area contributed by atoms with Crippen molar-refractivity contribution in [3.8, 4) is 12.3 Å². The number of nitro benzene ring substituents is 1. The van der Waals surface area contributed by atoms with Crippen molar-refractivity contribution in [3.05, 3.63) is 33.9 Å². The third-order valence-corrected chi connectivity index (χ3v) is 2.87. The minimum absolute atomic E-state index is 0.0832. The van der Waals surface area contributed by atoms with E-state index in [4.69, 9.17) is 6.42 Å². The molecular weight excluding hydrogens is 248 g/mol. The molecule has 1 aliphatic rings. The predicted octanol–water partition coefficient (Wildman–Crippen LogP) is 1.54. The maximum Gasteiger partial charge on any atom is 0.299 e. The van der Waals surface area contributed by atoms with Crippen molar-refractivity contribution >= 4 is 23.1 Å². The Balaban J connectivity index is 2.34. The van der Waals surface area contributed by atoms with Gasteiger partial charge in [0.05, 0.1) is 16.2 Å². The Hall–Kier alpha value is -2.68. The maximum atomic E-state index is 11.8. The number of ketones is 1. The van der Waals surface area contributed by atoms with Crippen LogP contribution in [-0.2, 0) is 4.79 Å². The van der Waals surface area contributed by atoms with Crippen LogP contribution in [0.1, 0.15) is 23.2 Å². The van der Waals surface area contributed by atoms with Gasteiger partial charge in [0.1, 0.15) is 0 Å². The number of rotatable bonds is 4. The van der Waals surface area contributed by atoms with E-state index in [0.29, 0.717) is 25.1 Å². The van der Waals surface area contributed by atoms with Gasteiger partial charge in [-0.05, 0) is 12.5 Å². The molecule has 0 aliphatic carbocycles. The number of amides is 1. The molecule has 0 saturated carbocycles. The molecule has 1 heterocycles. The summed E-state index contributed by atoms with van der Waals surface area (Å²) in [5.74, 6) is 1.08. The minimum Gasteiger partial charge on any atom is -0.305 e. The highest BCUT2D eigenvalue weighted by Crippen LogP contribution is 2.32. The van der Waals surface area contributed by atoms with Gasteiger partial charge in [-0.25, -0.2) is 0 Å². The van der Waals surface area contributed by atoms with Crippen molar-refractivity contribution in [2.45, 2.75) is 12.8 Å². The Morgan fingerprint density at radius 1 is 1.37 bits per heavy atom. The molecule has 1 aliphatic heterocycles. The molecule has 96 valence electrons. The maximum absolute atomic E-state index is 11.8. The molecule has 2 rings (SSSR count). The summed E-state index contributed by atoms with van der Waals surface area (Å²) in [5.41, 5.74) is 0.294. The summed E-state index contributed by atoms with van der Waals surface area (Å²) in [6.07, 6.45) is 6.20. The van der Waals surface area contributed by atoms with Crippen LogP contribution in [0.4, 0.5) is 11.4 Å². The molecule has 0 aromatic heterocycles. The number of nitrogens with zero attached hydrogens (tertiary/aromatic N) is 2. The van der Waals surface area contributed by atoms with E-state index >= 15 is 0 Å². The number of nitro groups is 1. The van der Waals surface area contributed by atoms with Gasteiger partial charge >= 0.3 is 0 Å².